The highest BCUT2D eigenvalue weighted by molar-refractivity contribution is 5.81. The number of aryl methyl sites for hydroxylation is 3. The second-order valence-corrected chi connectivity index (χ2v) is 7.31. The van der Waals surface area contributed by atoms with E-state index in [4.69, 9.17) is 0 Å². The Morgan fingerprint density at radius 2 is 1.17 bits per heavy atom. The molecular weight excluding hydrogens is 288 g/mol. The van der Waals surface area contributed by atoms with Gasteiger partial charge in [0.05, 0.1) is 0 Å². The zero-order valence-corrected chi connectivity index (χ0v) is 15.4. The molecule has 0 bridgehead atoms. The fourth-order valence-corrected chi connectivity index (χ4v) is 3.50. The van der Waals surface area contributed by atoms with E-state index in [9.17, 15) is 0 Å². The number of hydrogen-bond acceptors (Lipinski definition) is 0. The highest BCUT2D eigenvalue weighted by Gasteiger charge is 2.35. The molecule has 0 atom stereocenters. The lowest BCUT2D eigenvalue weighted by atomic mass is 9.82. The molecule has 0 saturated heterocycles. The van der Waals surface area contributed by atoms with Gasteiger partial charge in [0, 0.05) is 5.41 Å². The zero-order valence-electron chi connectivity index (χ0n) is 15.4. The van der Waals surface area contributed by atoms with Gasteiger partial charge in [-0.15, -0.1) is 0 Å². The molecule has 0 aromatic heterocycles. The van der Waals surface area contributed by atoms with Gasteiger partial charge in [-0.3, -0.25) is 0 Å². The lowest BCUT2D eigenvalue weighted by Gasteiger charge is -2.22. The van der Waals surface area contributed by atoms with Gasteiger partial charge in [-0.05, 0) is 54.2 Å². The van der Waals surface area contributed by atoms with Crippen molar-refractivity contribution in [3.63, 3.8) is 0 Å². The Bertz CT molecular complexity index is 854. The highest BCUT2D eigenvalue weighted by Crippen LogP contribution is 2.49. The van der Waals surface area contributed by atoms with Gasteiger partial charge in [0.15, 0.2) is 0 Å². The molecule has 0 nitrogen and oxygen atoms in total. The van der Waals surface area contributed by atoms with Crippen LogP contribution in [0.5, 0.6) is 0 Å². The fraction of sp³-hybridized carbons (Fsp3) is 0.250. The predicted octanol–water partition coefficient (Wildman–Crippen LogP) is 6.60. The maximum atomic E-state index is 2.37. The summed E-state index contributed by atoms with van der Waals surface area (Å²) in [5.74, 6) is 0. The topological polar surface area (TPSA) is 0 Å². The average molecular weight is 314 g/mol. The molecule has 0 fully saturated rings. The molecule has 24 heavy (non-hydrogen) atoms. The number of hydrogen-bond donors (Lipinski definition) is 0. The maximum Gasteiger partial charge on any atom is 0.0158 e. The van der Waals surface area contributed by atoms with Crippen LogP contribution in [-0.4, -0.2) is 0 Å². The second-order valence-electron chi connectivity index (χ2n) is 7.31. The van der Waals surface area contributed by atoms with Gasteiger partial charge in [-0.25, -0.2) is 0 Å². The molecule has 0 radical (unpaired) electrons. The molecule has 4 rings (SSSR count). The molecule has 0 amide bonds. The summed E-state index contributed by atoms with van der Waals surface area (Å²) in [4.78, 5) is 0. The summed E-state index contributed by atoms with van der Waals surface area (Å²) in [5, 5.41) is 0. The van der Waals surface area contributed by atoms with Crippen LogP contribution in [0, 0.1) is 20.8 Å². The Kier molecular flexibility index (Phi) is 4.32. The Morgan fingerprint density at radius 1 is 0.583 bits per heavy atom. The van der Waals surface area contributed by atoms with E-state index in [2.05, 4.69) is 83.1 Å². The third kappa shape index (κ3) is 2.89. The lowest BCUT2D eigenvalue weighted by molar-refractivity contribution is 0.659. The molecule has 3 aromatic carbocycles. The van der Waals surface area contributed by atoms with Crippen LogP contribution in [0.3, 0.4) is 0 Å². The zero-order chi connectivity index (χ0) is 17.3. The largest absolute Gasteiger partial charge is 0.0622 e. The van der Waals surface area contributed by atoms with Gasteiger partial charge >= 0.3 is 0 Å². The molecule has 122 valence electrons. The molecule has 1 aliphatic rings. The molecule has 0 heterocycles. The van der Waals surface area contributed by atoms with E-state index in [0.717, 1.165) is 0 Å². The minimum Gasteiger partial charge on any atom is -0.0622 e. The van der Waals surface area contributed by atoms with Gasteiger partial charge in [0.25, 0.3) is 0 Å². The van der Waals surface area contributed by atoms with E-state index in [1.54, 1.807) is 0 Å². The van der Waals surface area contributed by atoms with E-state index in [1.165, 1.54) is 38.9 Å². The first-order valence-corrected chi connectivity index (χ1v) is 8.64. The van der Waals surface area contributed by atoms with Crippen LogP contribution < -0.4 is 0 Å². The molecule has 0 heteroatoms. The van der Waals surface area contributed by atoms with E-state index < -0.39 is 0 Å². The minimum absolute atomic E-state index is 0.143. The number of benzene rings is 3. The van der Waals surface area contributed by atoms with Crippen LogP contribution in [0.25, 0.3) is 11.1 Å². The summed E-state index contributed by atoms with van der Waals surface area (Å²) in [5.41, 5.74) is 10.0. The van der Waals surface area contributed by atoms with E-state index >= 15 is 0 Å². The van der Waals surface area contributed by atoms with Crippen LogP contribution in [0.15, 0.2) is 66.7 Å². The summed E-state index contributed by atoms with van der Waals surface area (Å²) < 4.78 is 0. The monoisotopic (exact) mass is 314 g/mol. The standard InChI is InChI=1S/C17H18.C7H8/c1-11-9-14-13-7-5-6-8-15(13)17(3,4)16(14)10-12(11)2;1-7-5-3-2-4-6-7/h5-10H,1-4H3;2-6H,1H3. The van der Waals surface area contributed by atoms with Crippen molar-refractivity contribution in [1.82, 2.24) is 0 Å². The summed E-state index contributed by atoms with van der Waals surface area (Å²) in [6, 6.07) is 23.8. The molecule has 0 saturated carbocycles. The van der Waals surface area contributed by atoms with Gasteiger partial charge in [-0.1, -0.05) is 86.1 Å². The van der Waals surface area contributed by atoms with Gasteiger partial charge < -0.3 is 0 Å². The summed E-state index contributed by atoms with van der Waals surface area (Å²) in [7, 11) is 0. The van der Waals surface area contributed by atoms with Crippen LogP contribution in [0.2, 0.25) is 0 Å². The van der Waals surface area contributed by atoms with Crippen LogP contribution in [0.1, 0.15) is 41.7 Å². The molecule has 0 spiro atoms. The molecule has 0 unspecified atom stereocenters. The Morgan fingerprint density at radius 3 is 1.79 bits per heavy atom. The smallest absolute Gasteiger partial charge is 0.0158 e. The molecule has 0 N–H and O–H groups in total. The Labute approximate surface area is 146 Å². The predicted molar refractivity (Wildman–Crippen MR) is 105 cm³/mol. The first kappa shape index (κ1) is 16.5. The second kappa shape index (κ2) is 6.28. The van der Waals surface area contributed by atoms with Crippen molar-refractivity contribution in [3.05, 3.63) is 94.5 Å². The number of fused-ring (bicyclic) bond motifs is 3. The lowest BCUT2D eigenvalue weighted by Crippen LogP contribution is -2.15. The first-order valence-electron chi connectivity index (χ1n) is 8.64. The van der Waals surface area contributed by atoms with Crippen LogP contribution in [-0.2, 0) is 5.41 Å². The van der Waals surface area contributed by atoms with Crippen LogP contribution >= 0.6 is 0 Å². The van der Waals surface area contributed by atoms with Crippen molar-refractivity contribution < 1.29 is 0 Å². The van der Waals surface area contributed by atoms with E-state index in [1.807, 2.05) is 18.2 Å². The van der Waals surface area contributed by atoms with Gasteiger partial charge in [0.1, 0.15) is 0 Å². The van der Waals surface area contributed by atoms with Crippen molar-refractivity contribution in [3.8, 4) is 11.1 Å². The molecule has 1 aliphatic carbocycles. The van der Waals surface area contributed by atoms with Crippen molar-refractivity contribution in [2.75, 3.05) is 0 Å². The van der Waals surface area contributed by atoms with Gasteiger partial charge in [-0.2, -0.15) is 0 Å². The van der Waals surface area contributed by atoms with E-state index in [0.29, 0.717) is 0 Å². The normalized spacial score (nSPS) is 13.5. The van der Waals surface area contributed by atoms with Gasteiger partial charge in [0.2, 0.25) is 0 Å². The molecule has 0 aliphatic heterocycles. The van der Waals surface area contributed by atoms with Crippen molar-refractivity contribution >= 4 is 0 Å². The highest BCUT2D eigenvalue weighted by atomic mass is 14.4. The maximum absolute atomic E-state index is 2.37. The summed E-state index contributed by atoms with van der Waals surface area (Å²) in [6.07, 6.45) is 0. The van der Waals surface area contributed by atoms with Crippen LogP contribution in [0.4, 0.5) is 0 Å². The summed E-state index contributed by atoms with van der Waals surface area (Å²) in [6.45, 7) is 11.1. The summed E-state index contributed by atoms with van der Waals surface area (Å²) >= 11 is 0. The first-order chi connectivity index (χ1) is 11.4. The molecular formula is C24H26. The quantitative estimate of drug-likeness (QED) is 0.438. The third-order valence-corrected chi connectivity index (χ3v) is 5.14. The SMILES string of the molecule is Cc1cc2c(cc1C)C(C)(C)c1ccccc1-2.Cc1ccccc1. The fourth-order valence-electron chi connectivity index (χ4n) is 3.50. The molecule has 3 aromatic rings. The van der Waals surface area contributed by atoms with Crippen molar-refractivity contribution in [2.45, 2.75) is 40.0 Å². The third-order valence-electron chi connectivity index (χ3n) is 5.14. The average Bonchev–Trinajstić information content (AvgIpc) is 2.78. The Hall–Kier alpha value is -2.34. The van der Waals surface area contributed by atoms with Crippen molar-refractivity contribution in [2.24, 2.45) is 0 Å². The number of rotatable bonds is 0. The van der Waals surface area contributed by atoms with E-state index in [-0.39, 0.29) is 5.41 Å². The van der Waals surface area contributed by atoms with Crippen molar-refractivity contribution in [1.29, 1.82) is 0 Å². The minimum atomic E-state index is 0.143. The Balaban J connectivity index is 0.000000203.